The van der Waals surface area contributed by atoms with Crippen molar-refractivity contribution in [3.63, 3.8) is 0 Å². The zero-order valence-electron chi connectivity index (χ0n) is 10.8. The molecule has 0 atom stereocenters. The summed E-state index contributed by atoms with van der Waals surface area (Å²) < 4.78 is 32.3. The summed E-state index contributed by atoms with van der Waals surface area (Å²) in [6.45, 7) is 4.14. The van der Waals surface area contributed by atoms with E-state index in [1.54, 1.807) is 19.1 Å². The van der Waals surface area contributed by atoms with Crippen LogP contribution in [0.3, 0.4) is 0 Å². The van der Waals surface area contributed by atoms with E-state index in [1.807, 2.05) is 6.92 Å². The van der Waals surface area contributed by atoms with Crippen LogP contribution in [0, 0.1) is 0 Å². The molecule has 0 aliphatic heterocycles. The number of hydrogen-bond acceptors (Lipinski definition) is 4. The summed E-state index contributed by atoms with van der Waals surface area (Å²) in [5, 5.41) is 0. The molecule has 0 radical (unpaired) electrons. The minimum atomic E-state index is -3.34. The molecule has 104 valence electrons. The Labute approximate surface area is 111 Å². The predicted octanol–water partition coefficient (Wildman–Crippen LogP) is 1.77. The van der Waals surface area contributed by atoms with E-state index in [9.17, 15) is 13.2 Å². The molecule has 0 bridgehead atoms. The Balaban J connectivity index is 2.41. The standard InChI is InChI=1S/C12H16N2O4S/c1-3-7-19(16,17)13-9-5-6-10-11(8-9)18-12(15)14(10)4-2/h5-6,8,13H,3-4,7H2,1-2H3. The summed E-state index contributed by atoms with van der Waals surface area (Å²) in [6.07, 6.45) is 0.541. The fourth-order valence-corrected chi connectivity index (χ4v) is 3.05. The molecule has 2 aromatic rings. The maximum absolute atomic E-state index is 11.7. The third-order valence-electron chi connectivity index (χ3n) is 2.73. The topological polar surface area (TPSA) is 81.3 Å². The summed E-state index contributed by atoms with van der Waals surface area (Å²) in [4.78, 5) is 11.5. The summed E-state index contributed by atoms with van der Waals surface area (Å²) in [5.41, 5.74) is 1.44. The van der Waals surface area contributed by atoms with Crippen LogP contribution in [0.25, 0.3) is 11.1 Å². The first-order chi connectivity index (χ1) is 8.96. The van der Waals surface area contributed by atoms with E-state index < -0.39 is 15.8 Å². The largest absolute Gasteiger partial charge is 0.419 e. The van der Waals surface area contributed by atoms with Crippen LogP contribution in [0.5, 0.6) is 0 Å². The second-order valence-corrected chi connectivity index (χ2v) is 6.06. The molecule has 19 heavy (non-hydrogen) atoms. The van der Waals surface area contributed by atoms with Crippen molar-refractivity contribution in [2.24, 2.45) is 0 Å². The average Bonchev–Trinajstić information content (AvgIpc) is 2.62. The number of aromatic nitrogens is 1. The molecule has 7 heteroatoms. The molecule has 1 N–H and O–H groups in total. The second-order valence-electron chi connectivity index (χ2n) is 4.22. The summed E-state index contributed by atoms with van der Waals surface area (Å²) in [5.74, 6) is -0.378. The number of benzene rings is 1. The number of anilines is 1. The molecule has 1 aromatic heterocycles. The lowest BCUT2D eigenvalue weighted by molar-refractivity contribution is 0.513. The number of fused-ring (bicyclic) bond motifs is 1. The highest BCUT2D eigenvalue weighted by molar-refractivity contribution is 7.92. The van der Waals surface area contributed by atoms with E-state index in [-0.39, 0.29) is 5.75 Å². The van der Waals surface area contributed by atoms with Crippen molar-refractivity contribution in [2.45, 2.75) is 26.8 Å². The molecule has 0 amide bonds. The number of nitrogens with one attached hydrogen (secondary N) is 1. The first-order valence-electron chi connectivity index (χ1n) is 6.10. The smallest absolute Gasteiger partial charge is 0.408 e. The van der Waals surface area contributed by atoms with Gasteiger partial charge < -0.3 is 4.42 Å². The van der Waals surface area contributed by atoms with E-state index in [0.29, 0.717) is 29.8 Å². The number of rotatable bonds is 5. The normalized spacial score (nSPS) is 11.9. The summed E-state index contributed by atoms with van der Waals surface area (Å²) in [7, 11) is -3.34. The van der Waals surface area contributed by atoms with Crippen LogP contribution in [0.4, 0.5) is 5.69 Å². The lowest BCUT2D eigenvalue weighted by atomic mass is 10.3. The number of aryl methyl sites for hydroxylation is 1. The van der Waals surface area contributed by atoms with Gasteiger partial charge in [0.2, 0.25) is 10.0 Å². The van der Waals surface area contributed by atoms with Crippen molar-refractivity contribution in [3.8, 4) is 0 Å². The molecule has 1 heterocycles. The molecule has 0 fully saturated rings. The first-order valence-corrected chi connectivity index (χ1v) is 7.76. The van der Waals surface area contributed by atoms with Gasteiger partial charge >= 0.3 is 5.76 Å². The Morgan fingerprint density at radius 3 is 2.68 bits per heavy atom. The van der Waals surface area contributed by atoms with Gasteiger partial charge in [0.05, 0.1) is 17.0 Å². The molecular weight excluding hydrogens is 268 g/mol. The molecule has 6 nitrogen and oxygen atoms in total. The maximum atomic E-state index is 11.7. The highest BCUT2D eigenvalue weighted by atomic mass is 32.2. The first kappa shape index (κ1) is 13.7. The molecule has 2 rings (SSSR count). The molecule has 0 aliphatic rings. The molecular formula is C12H16N2O4S. The van der Waals surface area contributed by atoms with Gasteiger partial charge in [-0.15, -0.1) is 0 Å². The Kier molecular flexibility index (Phi) is 3.66. The van der Waals surface area contributed by atoms with Crippen molar-refractivity contribution in [2.75, 3.05) is 10.5 Å². The molecule has 0 saturated carbocycles. The van der Waals surface area contributed by atoms with Gasteiger partial charge in [-0.3, -0.25) is 9.29 Å². The highest BCUT2D eigenvalue weighted by Gasteiger charge is 2.12. The lowest BCUT2D eigenvalue weighted by Crippen LogP contribution is -2.16. The van der Waals surface area contributed by atoms with E-state index in [0.717, 1.165) is 0 Å². The third-order valence-corrected chi connectivity index (χ3v) is 4.22. The van der Waals surface area contributed by atoms with Gasteiger partial charge in [-0.2, -0.15) is 0 Å². The Morgan fingerprint density at radius 1 is 1.32 bits per heavy atom. The molecule has 0 saturated heterocycles. The molecule has 0 aliphatic carbocycles. The quantitative estimate of drug-likeness (QED) is 0.907. The third kappa shape index (κ3) is 2.81. The van der Waals surface area contributed by atoms with Crippen molar-refractivity contribution >= 4 is 26.8 Å². The number of nitrogens with zero attached hydrogens (tertiary/aromatic N) is 1. The Bertz CT molecular complexity index is 743. The van der Waals surface area contributed by atoms with E-state index in [2.05, 4.69) is 4.72 Å². The van der Waals surface area contributed by atoms with Gasteiger partial charge in [0.1, 0.15) is 0 Å². The van der Waals surface area contributed by atoms with Crippen LogP contribution in [0.2, 0.25) is 0 Å². The van der Waals surface area contributed by atoms with Gasteiger partial charge in [0, 0.05) is 12.6 Å². The van der Waals surface area contributed by atoms with E-state index in [4.69, 9.17) is 4.42 Å². The SMILES string of the molecule is CCCS(=O)(=O)Nc1ccc2c(c1)oc(=O)n2CC. The Hall–Kier alpha value is -1.76. The van der Waals surface area contributed by atoms with Crippen molar-refractivity contribution in [3.05, 3.63) is 28.7 Å². The van der Waals surface area contributed by atoms with Gasteiger partial charge in [-0.1, -0.05) is 6.92 Å². The van der Waals surface area contributed by atoms with Crippen molar-refractivity contribution < 1.29 is 12.8 Å². The number of oxazole rings is 1. The van der Waals surface area contributed by atoms with E-state index in [1.165, 1.54) is 10.6 Å². The maximum Gasteiger partial charge on any atom is 0.419 e. The van der Waals surface area contributed by atoms with Gasteiger partial charge in [0.25, 0.3) is 0 Å². The summed E-state index contributed by atoms with van der Waals surface area (Å²) >= 11 is 0. The minimum Gasteiger partial charge on any atom is -0.408 e. The average molecular weight is 284 g/mol. The highest BCUT2D eigenvalue weighted by Crippen LogP contribution is 2.19. The fraction of sp³-hybridized carbons (Fsp3) is 0.417. The van der Waals surface area contributed by atoms with E-state index >= 15 is 0 Å². The monoisotopic (exact) mass is 284 g/mol. The van der Waals surface area contributed by atoms with Gasteiger partial charge in [-0.05, 0) is 25.5 Å². The van der Waals surface area contributed by atoms with Crippen LogP contribution < -0.4 is 10.5 Å². The van der Waals surface area contributed by atoms with Crippen molar-refractivity contribution in [1.29, 1.82) is 0 Å². The van der Waals surface area contributed by atoms with Crippen LogP contribution in [0.1, 0.15) is 20.3 Å². The predicted molar refractivity (Wildman–Crippen MR) is 73.8 cm³/mol. The molecule has 0 spiro atoms. The fourth-order valence-electron chi connectivity index (χ4n) is 1.93. The van der Waals surface area contributed by atoms with Crippen LogP contribution in [-0.4, -0.2) is 18.7 Å². The number of sulfonamides is 1. The zero-order chi connectivity index (χ0) is 14.0. The van der Waals surface area contributed by atoms with Gasteiger partial charge in [0.15, 0.2) is 5.58 Å². The van der Waals surface area contributed by atoms with Crippen molar-refractivity contribution in [1.82, 2.24) is 4.57 Å². The summed E-state index contributed by atoms with van der Waals surface area (Å²) in [6, 6.07) is 4.82. The van der Waals surface area contributed by atoms with Crippen LogP contribution >= 0.6 is 0 Å². The van der Waals surface area contributed by atoms with Crippen LogP contribution in [0.15, 0.2) is 27.4 Å². The molecule has 0 unspecified atom stereocenters. The molecule has 1 aromatic carbocycles. The number of hydrogen-bond donors (Lipinski definition) is 1. The Morgan fingerprint density at radius 2 is 2.05 bits per heavy atom. The van der Waals surface area contributed by atoms with Crippen LogP contribution in [-0.2, 0) is 16.6 Å². The lowest BCUT2D eigenvalue weighted by Gasteiger charge is -2.06. The van der Waals surface area contributed by atoms with Gasteiger partial charge in [-0.25, -0.2) is 13.2 Å². The minimum absolute atomic E-state index is 0.0605. The second kappa shape index (κ2) is 5.08. The zero-order valence-corrected chi connectivity index (χ0v) is 11.7.